The van der Waals surface area contributed by atoms with Crippen molar-refractivity contribution in [3.8, 4) is 0 Å². The number of carboxylic acids is 1. The summed E-state index contributed by atoms with van der Waals surface area (Å²) in [5.74, 6) is -0.439. The van der Waals surface area contributed by atoms with Gasteiger partial charge in [0.25, 0.3) is 0 Å². The van der Waals surface area contributed by atoms with E-state index < -0.39 is 11.9 Å². The monoisotopic (exact) mass is 207 g/mol. The molecule has 0 saturated carbocycles. The Morgan fingerprint density at radius 2 is 2.27 bits per heavy atom. The number of hydrogen-bond acceptors (Lipinski definition) is 4. The van der Waals surface area contributed by atoms with Gasteiger partial charge in [-0.15, -0.1) is 0 Å². The van der Waals surface area contributed by atoms with E-state index in [1.807, 2.05) is 0 Å². The number of anilines is 1. The third-order valence-electron chi connectivity index (χ3n) is 2.72. The molecule has 0 amide bonds. The summed E-state index contributed by atoms with van der Waals surface area (Å²) in [6, 6.07) is 0. The third-order valence-corrected chi connectivity index (χ3v) is 2.72. The van der Waals surface area contributed by atoms with E-state index in [-0.39, 0.29) is 0 Å². The van der Waals surface area contributed by atoms with Crippen LogP contribution in [-0.4, -0.2) is 21.0 Å². The van der Waals surface area contributed by atoms with Crippen molar-refractivity contribution in [2.24, 2.45) is 0 Å². The number of nitrogen functional groups attached to an aromatic ring is 1. The third kappa shape index (κ3) is 1.65. The van der Waals surface area contributed by atoms with Gasteiger partial charge in [0.2, 0.25) is 0 Å². The van der Waals surface area contributed by atoms with E-state index in [0.717, 1.165) is 18.5 Å². The Bertz CT molecular complexity index is 417. The molecule has 1 unspecified atom stereocenters. The van der Waals surface area contributed by atoms with Gasteiger partial charge >= 0.3 is 5.97 Å². The lowest BCUT2D eigenvalue weighted by atomic mass is 9.86. The van der Waals surface area contributed by atoms with E-state index in [1.165, 1.54) is 0 Å². The Morgan fingerprint density at radius 1 is 1.53 bits per heavy atom. The van der Waals surface area contributed by atoms with Crippen molar-refractivity contribution < 1.29 is 9.90 Å². The minimum Gasteiger partial charge on any atom is -0.481 e. The molecule has 1 aliphatic carbocycles. The first kappa shape index (κ1) is 9.89. The molecular weight excluding hydrogens is 194 g/mol. The van der Waals surface area contributed by atoms with E-state index in [9.17, 15) is 4.79 Å². The number of aromatic nitrogens is 2. The fraction of sp³-hybridized carbons (Fsp3) is 0.500. The van der Waals surface area contributed by atoms with Crippen LogP contribution in [0.2, 0.25) is 0 Å². The molecule has 1 aromatic rings. The second-order valence-electron chi connectivity index (χ2n) is 3.80. The van der Waals surface area contributed by atoms with Crippen molar-refractivity contribution in [3.05, 3.63) is 17.1 Å². The molecule has 0 aliphatic heterocycles. The number of fused-ring (bicyclic) bond motifs is 1. The van der Waals surface area contributed by atoms with Gasteiger partial charge in [-0.05, 0) is 26.2 Å². The van der Waals surface area contributed by atoms with Crippen LogP contribution in [-0.2, 0) is 11.2 Å². The molecule has 0 fully saturated rings. The lowest BCUT2D eigenvalue weighted by molar-refractivity contribution is -0.139. The highest BCUT2D eigenvalue weighted by Gasteiger charge is 2.29. The van der Waals surface area contributed by atoms with Gasteiger partial charge in [-0.25, -0.2) is 9.97 Å². The summed E-state index contributed by atoms with van der Waals surface area (Å²) in [4.78, 5) is 19.3. The quantitative estimate of drug-likeness (QED) is 0.713. The number of carboxylic acid groups (broad SMARTS) is 1. The summed E-state index contributed by atoms with van der Waals surface area (Å²) < 4.78 is 0. The maximum absolute atomic E-state index is 11.0. The second kappa shape index (κ2) is 3.49. The van der Waals surface area contributed by atoms with E-state index in [2.05, 4.69) is 9.97 Å². The van der Waals surface area contributed by atoms with Crippen LogP contribution in [0.4, 0.5) is 5.82 Å². The second-order valence-corrected chi connectivity index (χ2v) is 3.80. The number of aliphatic carboxylic acids is 1. The first-order valence-electron chi connectivity index (χ1n) is 4.95. The molecular formula is C10H13N3O2. The molecule has 0 saturated heterocycles. The fourth-order valence-corrected chi connectivity index (χ4v) is 2.10. The van der Waals surface area contributed by atoms with Crippen molar-refractivity contribution in [1.29, 1.82) is 0 Å². The number of aryl methyl sites for hydroxylation is 2. The summed E-state index contributed by atoms with van der Waals surface area (Å²) in [6.07, 6.45) is 2.27. The lowest BCUT2D eigenvalue weighted by Gasteiger charge is -2.22. The predicted octanol–water partition coefficient (Wildman–Crippen LogP) is 0.872. The van der Waals surface area contributed by atoms with Crippen LogP contribution in [0, 0.1) is 6.92 Å². The summed E-state index contributed by atoms with van der Waals surface area (Å²) in [7, 11) is 0. The van der Waals surface area contributed by atoms with Gasteiger partial charge < -0.3 is 10.8 Å². The molecule has 0 bridgehead atoms. The Hall–Kier alpha value is -1.65. The van der Waals surface area contributed by atoms with Crippen molar-refractivity contribution >= 4 is 11.8 Å². The Labute approximate surface area is 87.4 Å². The first-order valence-corrected chi connectivity index (χ1v) is 4.95. The summed E-state index contributed by atoms with van der Waals surface area (Å²) in [5.41, 5.74) is 7.18. The Morgan fingerprint density at radius 3 is 2.93 bits per heavy atom. The van der Waals surface area contributed by atoms with Crippen LogP contribution >= 0.6 is 0 Å². The molecule has 5 heteroatoms. The number of nitrogens with zero attached hydrogens (tertiary/aromatic N) is 2. The summed E-state index contributed by atoms with van der Waals surface area (Å²) in [6.45, 7) is 1.76. The fourth-order valence-electron chi connectivity index (χ4n) is 2.10. The molecule has 2 rings (SSSR count). The highest BCUT2D eigenvalue weighted by Crippen LogP contribution is 2.33. The van der Waals surface area contributed by atoms with Crippen LogP contribution in [0.15, 0.2) is 0 Å². The van der Waals surface area contributed by atoms with Gasteiger partial charge in [0.05, 0.1) is 11.6 Å². The predicted molar refractivity (Wildman–Crippen MR) is 54.5 cm³/mol. The van der Waals surface area contributed by atoms with Gasteiger partial charge in [0.1, 0.15) is 11.6 Å². The minimum absolute atomic E-state index is 0.324. The zero-order valence-electron chi connectivity index (χ0n) is 8.53. The SMILES string of the molecule is Cc1nc(N)c2c(n1)CCCC2C(=O)O. The van der Waals surface area contributed by atoms with E-state index in [1.54, 1.807) is 6.92 Å². The molecule has 3 N–H and O–H groups in total. The molecule has 0 aromatic carbocycles. The molecule has 15 heavy (non-hydrogen) atoms. The smallest absolute Gasteiger partial charge is 0.311 e. The van der Waals surface area contributed by atoms with Crippen LogP contribution in [0.3, 0.4) is 0 Å². The topological polar surface area (TPSA) is 89.1 Å². The largest absolute Gasteiger partial charge is 0.481 e. The maximum atomic E-state index is 11.0. The Balaban J connectivity index is 2.55. The highest BCUT2D eigenvalue weighted by atomic mass is 16.4. The average Bonchev–Trinajstić information content (AvgIpc) is 2.16. The van der Waals surface area contributed by atoms with Gasteiger partial charge in [0.15, 0.2) is 0 Å². The van der Waals surface area contributed by atoms with Crippen molar-refractivity contribution in [2.45, 2.75) is 32.1 Å². The average molecular weight is 207 g/mol. The van der Waals surface area contributed by atoms with Crippen LogP contribution < -0.4 is 5.73 Å². The maximum Gasteiger partial charge on any atom is 0.311 e. The lowest BCUT2D eigenvalue weighted by Crippen LogP contribution is -2.22. The van der Waals surface area contributed by atoms with Crippen molar-refractivity contribution in [3.63, 3.8) is 0 Å². The molecule has 1 atom stereocenters. The van der Waals surface area contributed by atoms with E-state index >= 15 is 0 Å². The molecule has 0 spiro atoms. The standard InChI is InChI=1S/C10H13N3O2/c1-5-12-7-4-2-3-6(10(14)15)8(7)9(11)13-5/h6H,2-4H2,1H3,(H,14,15)(H2,11,12,13). The molecule has 80 valence electrons. The summed E-state index contributed by atoms with van der Waals surface area (Å²) in [5, 5.41) is 9.07. The normalized spacial score (nSPS) is 19.7. The zero-order valence-corrected chi connectivity index (χ0v) is 8.53. The van der Waals surface area contributed by atoms with Crippen LogP contribution in [0.5, 0.6) is 0 Å². The number of rotatable bonds is 1. The van der Waals surface area contributed by atoms with Gasteiger partial charge in [-0.3, -0.25) is 4.79 Å². The van der Waals surface area contributed by atoms with Crippen molar-refractivity contribution in [2.75, 3.05) is 5.73 Å². The number of hydrogen-bond donors (Lipinski definition) is 2. The minimum atomic E-state index is -0.838. The molecule has 0 radical (unpaired) electrons. The molecule has 1 heterocycles. The molecule has 1 aromatic heterocycles. The first-order chi connectivity index (χ1) is 7.09. The van der Waals surface area contributed by atoms with E-state index in [0.29, 0.717) is 23.6 Å². The number of carbonyl (C=O) groups is 1. The van der Waals surface area contributed by atoms with E-state index in [4.69, 9.17) is 10.8 Å². The van der Waals surface area contributed by atoms with Gasteiger partial charge in [-0.2, -0.15) is 0 Å². The number of nitrogens with two attached hydrogens (primary N) is 1. The van der Waals surface area contributed by atoms with Crippen molar-refractivity contribution in [1.82, 2.24) is 9.97 Å². The molecule has 5 nitrogen and oxygen atoms in total. The van der Waals surface area contributed by atoms with Gasteiger partial charge in [-0.1, -0.05) is 0 Å². The zero-order chi connectivity index (χ0) is 11.0. The Kier molecular flexibility index (Phi) is 2.30. The molecule has 1 aliphatic rings. The van der Waals surface area contributed by atoms with Gasteiger partial charge in [0, 0.05) is 5.56 Å². The summed E-state index contributed by atoms with van der Waals surface area (Å²) >= 11 is 0. The highest BCUT2D eigenvalue weighted by molar-refractivity contribution is 5.78. The van der Waals surface area contributed by atoms with Crippen LogP contribution in [0.25, 0.3) is 0 Å². The van der Waals surface area contributed by atoms with Crippen LogP contribution in [0.1, 0.15) is 35.8 Å².